The highest BCUT2D eigenvalue weighted by Gasteiger charge is 2.31. The number of aromatic amines is 1. The molecule has 22 heavy (non-hydrogen) atoms. The number of rotatable bonds is 3. The maximum absolute atomic E-state index is 13.0. The van der Waals surface area contributed by atoms with Gasteiger partial charge in [0.05, 0.1) is 17.8 Å². The Kier molecular flexibility index (Phi) is 3.74. The first-order valence-corrected chi connectivity index (χ1v) is 7.31. The van der Waals surface area contributed by atoms with Gasteiger partial charge in [-0.25, -0.2) is 9.37 Å². The lowest BCUT2D eigenvalue weighted by Gasteiger charge is -2.04. The Morgan fingerprint density at radius 1 is 1.05 bits per heavy atom. The van der Waals surface area contributed by atoms with Crippen LogP contribution in [0.2, 0.25) is 0 Å². The van der Waals surface area contributed by atoms with Crippen LogP contribution in [0.1, 0.15) is 5.69 Å². The molecule has 3 rings (SSSR count). The standard InChI is InChI=1S/C15H10F4N2S/c16-11-3-1-9(2-4-11)14-20-12(7-15(17,18)19)13(21-14)10-5-6-22-8-10/h1-6,8H,7H2,(H,20,21). The summed E-state index contributed by atoms with van der Waals surface area (Å²) >= 11 is 1.39. The fraction of sp³-hybridized carbons (Fsp3) is 0.133. The zero-order chi connectivity index (χ0) is 15.7. The van der Waals surface area contributed by atoms with E-state index in [0.717, 1.165) is 0 Å². The first-order chi connectivity index (χ1) is 10.4. The van der Waals surface area contributed by atoms with Gasteiger partial charge in [0.1, 0.15) is 11.6 Å². The summed E-state index contributed by atoms with van der Waals surface area (Å²) in [5.41, 5.74) is 1.47. The zero-order valence-corrected chi connectivity index (χ0v) is 11.9. The van der Waals surface area contributed by atoms with E-state index in [4.69, 9.17) is 0 Å². The van der Waals surface area contributed by atoms with Crippen molar-refractivity contribution in [3.63, 3.8) is 0 Å². The van der Waals surface area contributed by atoms with Crippen molar-refractivity contribution in [3.8, 4) is 22.6 Å². The molecule has 114 valence electrons. The van der Waals surface area contributed by atoms with Crippen molar-refractivity contribution in [1.29, 1.82) is 0 Å². The molecule has 0 saturated heterocycles. The predicted octanol–water partition coefficient (Wildman–Crippen LogP) is 5.05. The number of H-pyrrole nitrogens is 1. The topological polar surface area (TPSA) is 28.7 Å². The molecule has 0 aliphatic rings. The number of benzene rings is 1. The summed E-state index contributed by atoms with van der Waals surface area (Å²) < 4.78 is 51.1. The number of imidazole rings is 1. The summed E-state index contributed by atoms with van der Waals surface area (Å²) in [5, 5.41) is 3.53. The van der Waals surface area contributed by atoms with E-state index in [1.54, 1.807) is 16.8 Å². The van der Waals surface area contributed by atoms with Crippen LogP contribution in [0.25, 0.3) is 22.6 Å². The van der Waals surface area contributed by atoms with Gasteiger partial charge in [0, 0.05) is 16.5 Å². The van der Waals surface area contributed by atoms with Crippen LogP contribution in [0.15, 0.2) is 41.1 Å². The van der Waals surface area contributed by atoms with Gasteiger partial charge in [0.15, 0.2) is 0 Å². The van der Waals surface area contributed by atoms with Gasteiger partial charge in [0.2, 0.25) is 0 Å². The molecule has 0 fully saturated rings. The van der Waals surface area contributed by atoms with Crippen molar-refractivity contribution in [1.82, 2.24) is 9.97 Å². The van der Waals surface area contributed by atoms with Crippen LogP contribution in [-0.2, 0) is 6.42 Å². The lowest BCUT2D eigenvalue weighted by Crippen LogP contribution is -2.12. The second-order valence-electron chi connectivity index (χ2n) is 4.72. The molecule has 0 unspecified atom stereocenters. The van der Waals surface area contributed by atoms with Crippen molar-refractivity contribution in [2.75, 3.05) is 0 Å². The highest BCUT2D eigenvalue weighted by atomic mass is 32.1. The van der Waals surface area contributed by atoms with E-state index >= 15 is 0 Å². The average molecular weight is 326 g/mol. The van der Waals surface area contributed by atoms with Gasteiger partial charge in [-0.2, -0.15) is 24.5 Å². The third kappa shape index (κ3) is 3.19. The second-order valence-corrected chi connectivity index (χ2v) is 5.50. The molecule has 2 heterocycles. The van der Waals surface area contributed by atoms with Gasteiger partial charge < -0.3 is 4.98 Å². The molecule has 0 spiro atoms. The molecule has 0 radical (unpaired) electrons. The summed E-state index contributed by atoms with van der Waals surface area (Å²) in [6.07, 6.45) is -5.46. The molecule has 0 saturated carbocycles. The van der Waals surface area contributed by atoms with E-state index in [1.807, 2.05) is 0 Å². The first kappa shape index (κ1) is 14.8. The van der Waals surface area contributed by atoms with Gasteiger partial charge in [-0.1, -0.05) is 0 Å². The van der Waals surface area contributed by atoms with Gasteiger partial charge in [0.25, 0.3) is 0 Å². The van der Waals surface area contributed by atoms with Crippen molar-refractivity contribution in [3.05, 3.63) is 52.6 Å². The Labute approximate surface area is 127 Å². The van der Waals surface area contributed by atoms with Crippen LogP contribution in [0, 0.1) is 5.82 Å². The molecule has 0 amide bonds. The summed E-state index contributed by atoms with van der Waals surface area (Å²) in [6, 6.07) is 7.16. The number of nitrogens with zero attached hydrogens (tertiary/aromatic N) is 1. The van der Waals surface area contributed by atoms with Crippen LogP contribution in [0.3, 0.4) is 0 Å². The Hall–Kier alpha value is -2.15. The monoisotopic (exact) mass is 326 g/mol. The molecule has 0 bridgehead atoms. The minimum Gasteiger partial charge on any atom is -0.338 e. The van der Waals surface area contributed by atoms with E-state index in [-0.39, 0.29) is 5.69 Å². The largest absolute Gasteiger partial charge is 0.394 e. The van der Waals surface area contributed by atoms with Gasteiger partial charge >= 0.3 is 6.18 Å². The van der Waals surface area contributed by atoms with Crippen molar-refractivity contribution >= 4 is 11.3 Å². The number of hydrogen-bond donors (Lipinski definition) is 1. The molecule has 3 aromatic rings. The maximum Gasteiger partial charge on any atom is 0.394 e. The average Bonchev–Trinajstić information content (AvgIpc) is 3.06. The van der Waals surface area contributed by atoms with Crippen LogP contribution in [0.4, 0.5) is 17.6 Å². The number of hydrogen-bond acceptors (Lipinski definition) is 2. The fourth-order valence-electron chi connectivity index (χ4n) is 2.12. The number of aromatic nitrogens is 2. The molecular formula is C15H10F4N2S. The lowest BCUT2D eigenvalue weighted by molar-refractivity contribution is -0.127. The third-order valence-corrected chi connectivity index (χ3v) is 3.76. The first-order valence-electron chi connectivity index (χ1n) is 6.36. The number of thiophene rings is 1. The minimum absolute atomic E-state index is 0.0646. The zero-order valence-electron chi connectivity index (χ0n) is 11.1. The Morgan fingerprint density at radius 2 is 1.77 bits per heavy atom. The van der Waals surface area contributed by atoms with Gasteiger partial charge in [-0.3, -0.25) is 0 Å². The number of nitrogens with one attached hydrogen (secondary N) is 1. The summed E-state index contributed by atoms with van der Waals surface area (Å²) in [5.74, 6) is -0.121. The smallest absolute Gasteiger partial charge is 0.338 e. The van der Waals surface area contributed by atoms with Crippen molar-refractivity contribution in [2.45, 2.75) is 12.6 Å². The lowest BCUT2D eigenvalue weighted by atomic mass is 10.1. The molecule has 0 aliphatic heterocycles. The molecular weight excluding hydrogens is 316 g/mol. The highest BCUT2D eigenvalue weighted by Crippen LogP contribution is 2.31. The van der Waals surface area contributed by atoms with E-state index < -0.39 is 18.4 Å². The van der Waals surface area contributed by atoms with E-state index in [2.05, 4.69) is 9.97 Å². The van der Waals surface area contributed by atoms with Gasteiger partial charge in [-0.05, 0) is 35.7 Å². The highest BCUT2D eigenvalue weighted by molar-refractivity contribution is 7.08. The third-order valence-electron chi connectivity index (χ3n) is 3.07. The molecule has 2 nitrogen and oxygen atoms in total. The Morgan fingerprint density at radius 3 is 2.36 bits per heavy atom. The van der Waals surface area contributed by atoms with E-state index in [9.17, 15) is 17.6 Å². The second kappa shape index (κ2) is 5.57. The molecule has 0 aliphatic carbocycles. The minimum atomic E-state index is -4.35. The molecule has 1 N–H and O–H groups in total. The predicted molar refractivity (Wildman–Crippen MR) is 77.1 cm³/mol. The van der Waals surface area contributed by atoms with Crippen LogP contribution in [-0.4, -0.2) is 16.1 Å². The van der Waals surface area contributed by atoms with Crippen molar-refractivity contribution < 1.29 is 17.6 Å². The molecule has 2 aromatic heterocycles. The van der Waals surface area contributed by atoms with Crippen LogP contribution in [0.5, 0.6) is 0 Å². The fourth-order valence-corrected chi connectivity index (χ4v) is 2.76. The number of alkyl halides is 3. The quantitative estimate of drug-likeness (QED) is 0.671. The Balaban J connectivity index is 2.06. The summed E-state index contributed by atoms with van der Waals surface area (Å²) in [7, 11) is 0. The van der Waals surface area contributed by atoms with Crippen LogP contribution >= 0.6 is 11.3 Å². The normalized spacial score (nSPS) is 11.8. The maximum atomic E-state index is 13.0. The number of halogens is 4. The Bertz CT molecular complexity index is 758. The summed E-state index contributed by atoms with van der Waals surface area (Å²) in [4.78, 5) is 6.97. The molecule has 7 heteroatoms. The van der Waals surface area contributed by atoms with Crippen LogP contribution < -0.4 is 0 Å². The van der Waals surface area contributed by atoms with Crippen molar-refractivity contribution in [2.24, 2.45) is 0 Å². The van der Waals surface area contributed by atoms with Gasteiger partial charge in [-0.15, -0.1) is 0 Å². The molecule has 1 aromatic carbocycles. The summed E-state index contributed by atoms with van der Waals surface area (Å²) in [6.45, 7) is 0. The molecule has 0 atom stereocenters. The SMILES string of the molecule is Fc1ccc(-c2nc(CC(F)(F)F)c(-c3ccsc3)[nH]2)cc1. The van der Waals surface area contributed by atoms with E-state index in [0.29, 0.717) is 22.6 Å². The van der Waals surface area contributed by atoms with E-state index in [1.165, 1.54) is 35.6 Å².